The summed E-state index contributed by atoms with van der Waals surface area (Å²) < 4.78 is 15.6. The molecule has 1 aromatic carbocycles. The monoisotopic (exact) mass is 349 g/mol. The van der Waals surface area contributed by atoms with Crippen molar-refractivity contribution < 1.29 is 18.8 Å². The van der Waals surface area contributed by atoms with Crippen LogP contribution in [0, 0.1) is 0 Å². The highest BCUT2D eigenvalue weighted by atomic mass is 35.5. The van der Waals surface area contributed by atoms with Crippen molar-refractivity contribution in [2.75, 3.05) is 27.3 Å². The average Bonchev–Trinajstić information content (AvgIpc) is 2.80. The van der Waals surface area contributed by atoms with Crippen LogP contribution in [0.25, 0.3) is 11.0 Å². The highest BCUT2D eigenvalue weighted by Gasteiger charge is 2.17. The Morgan fingerprint density at radius 3 is 2.82 bits per heavy atom. The summed E-state index contributed by atoms with van der Waals surface area (Å²) in [6, 6.07) is 4.98. The van der Waals surface area contributed by atoms with E-state index in [0.29, 0.717) is 21.9 Å². The summed E-state index contributed by atoms with van der Waals surface area (Å²) in [5.74, 6) is 0.346. The number of halogens is 2. The second-order valence-corrected chi connectivity index (χ2v) is 5.12. The Kier molecular flexibility index (Phi) is 6.73. The zero-order chi connectivity index (χ0) is 15.4. The van der Waals surface area contributed by atoms with E-state index in [2.05, 4.69) is 5.16 Å². The first kappa shape index (κ1) is 18.3. The molecule has 0 aliphatic heterocycles. The highest BCUT2D eigenvalue weighted by Crippen LogP contribution is 2.27. The highest BCUT2D eigenvalue weighted by molar-refractivity contribution is 6.31. The van der Waals surface area contributed by atoms with E-state index in [9.17, 15) is 4.79 Å². The summed E-state index contributed by atoms with van der Waals surface area (Å²) in [7, 11) is 3.69. The average molecular weight is 350 g/mol. The number of primary amides is 1. The summed E-state index contributed by atoms with van der Waals surface area (Å²) in [4.78, 5) is 12.5. The van der Waals surface area contributed by atoms with Crippen LogP contribution in [0.1, 0.15) is 0 Å². The van der Waals surface area contributed by atoms with E-state index in [1.807, 2.05) is 19.0 Å². The lowest BCUT2D eigenvalue weighted by Gasteiger charge is -2.22. The van der Waals surface area contributed by atoms with E-state index in [4.69, 9.17) is 31.3 Å². The molecular formula is C13H17Cl2N3O4. The number of nitrogens with zero attached hydrogens (tertiary/aromatic N) is 2. The minimum Gasteiger partial charge on any atom is -0.473 e. The molecule has 1 amide bonds. The first-order chi connectivity index (χ1) is 9.97. The van der Waals surface area contributed by atoms with Crippen LogP contribution in [0.2, 0.25) is 5.02 Å². The molecule has 122 valence electrons. The number of carbonyl (C=O) groups excluding carboxylic acids is 1. The number of nitrogens with two attached hydrogens (primary N) is 1. The number of hydrogen-bond donors (Lipinski definition) is 1. The normalized spacial score (nSPS) is 12.0. The molecular weight excluding hydrogens is 333 g/mol. The van der Waals surface area contributed by atoms with Crippen molar-refractivity contribution in [2.24, 2.45) is 5.73 Å². The van der Waals surface area contributed by atoms with Crippen LogP contribution in [0.3, 0.4) is 0 Å². The molecule has 2 rings (SSSR count). The fourth-order valence-electron chi connectivity index (χ4n) is 1.69. The van der Waals surface area contributed by atoms with Crippen molar-refractivity contribution in [1.82, 2.24) is 10.1 Å². The fourth-order valence-corrected chi connectivity index (χ4v) is 1.86. The Morgan fingerprint density at radius 2 is 2.18 bits per heavy atom. The van der Waals surface area contributed by atoms with Crippen molar-refractivity contribution in [3.05, 3.63) is 23.2 Å². The van der Waals surface area contributed by atoms with Crippen LogP contribution in [0.4, 0.5) is 4.79 Å². The van der Waals surface area contributed by atoms with Gasteiger partial charge in [-0.1, -0.05) is 11.6 Å². The number of ether oxygens (including phenoxy) is 2. The first-order valence-corrected chi connectivity index (χ1v) is 6.61. The maximum atomic E-state index is 10.7. The third-order valence-electron chi connectivity index (χ3n) is 2.96. The number of benzene rings is 1. The van der Waals surface area contributed by atoms with Crippen molar-refractivity contribution in [3.8, 4) is 5.88 Å². The lowest BCUT2D eigenvalue weighted by Crippen LogP contribution is -2.39. The van der Waals surface area contributed by atoms with E-state index in [1.54, 1.807) is 18.2 Å². The van der Waals surface area contributed by atoms with Gasteiger partial charge >= 0.3 is 6.09 Å². The van der Waals surface area contributed by atoms with Gasteiger partial charge in [-0.25, -0.2) is 4.79 Å². The predicted molar refractivity (Wildman–Crippen MR) is 84.8 cm³/mol. The molecule has 2 aromatic rings. The molecule has 0 saturated heterocycles. The molecule has 0 aliphatic carbocycles. The topological polar surface area (TPSA) is 90.8 Å². The van der Waals surface area contributed by atoms with Crippen LogP contribution in [-0.2, 0) is 4.74 Å². The Morgan fingerprint density at radius 1 is 1.45 bits per heavy atom. The molecule has 2 N–H and O–H groups in total. The van der Waals surface area contributed by atoms with Crippen LogP contribution in [0.15, 0.2) is 22.7 Å². The van der Waals surface area contributed by atoms with Gasteiger partial charge in [0, 0.05) is 5.02 Å². The van der Waals surface area contributed by atoms with Crippen LogP contribution in [-0.4, -0.2) is 49.5 Å². The van der Waals surface area contributed by atoms with Gasteiger partial charge in [-0.05, 0) is 37.5 Å². The Bertz CT molecular complexity index is 633. The Labute approximate surface area is 138 Å². The molecule has 0 spiro atoms. The van der Waals surface area contributed by atoms with Gasteiger partial charge in [0.25, 0.3) is 5.88 Å². The van der Waals surface area contributed by atoms with Gasteiger partial charge in [0.15, 0.2) is 5.58 Å². The quantitative estimate of drug-likeness (QED) is 0.860. The van der Waals surface area contributed by atoms with Crippen LogP contribution in [0.5, 0.6) is 5.88 Å². The van der Waals surface area contributed by atoms with Gasteiger partial charge in [-0.3, -0.25) is 0 Å². The number of likely N-dealkylation sites (N-methyl/N-ethyl adjacent to an activating group) is 1. The maximum absolute atomic E-state index is 10.7. The molecule has 9 heteroatoms. The van der Waals surface area contributed by atoms with Gasteiger partial charge in [-0.2, -0.15) is 0 Å². The Balaban J connectivity index is 0.00000242. The van der Waals surface area contributed by atoms with Crippen LogP contribution < -0.4 is 10.5 Å². The number of hydrogen-bond acceptors (Lipinski definition) is 6. The SMILES string of the molecule is CN(C)C(COC(N)=O)COc1noc2ccc(Cl)cc12.Cl. The molecule has 0 radical (unpaired) electrons. The minimum atomic E-state index is -0.819. The summed E-state index contributed by atoms with van der Waals surface area (Å²) >= 11 is 5.94. The van der Waals surface area contributed by atoms with Gasteiger partial charge in [0.1, 0.15) is 13.2 Å². The number of rotatable bonds is 6. The second-order valence-electron chi connectivity index (χ2n) is 4.69. The number of fused-ring (bicyclic) bond motifs is 1. The summed E-state index contributed by atoms with van der Waals surface area (Å²) in [5.41, 5.74) is 5.55. The van der Waals surface area contributed by atoms with E-state index in [-0.39, 0.29) is 31.7 Å². The van der Waals surface area contributed by atoms with Gasteiger partial charge in [0.05, 0.1) is 11.4 Å². The van der Waals surface area contributed by atoms with Gasteiger partial charge in [0.2, 0.25) is 0 Å². The summed E-state index contributed by atoms with van der Waals surface area (Å²) in [5, 5.41) is 5.11. The minimum absolute atomic E-state index is 0. The standard InChI is InChI=1S/C13H16ClN3O4.ClH/c1-17(2)9(7-20-13(15)18)6-19-12-10-5-8(14)3-4-11(10)21-16-12;/h3-5,9H,6-7H2,1-2H3,(H2,15,18);1H. The maximum Gasteiger partial charge on any atom is 0.404 e. The largest absolute Gasteiger partial charge is 0.473 e. The van der Waals surface area contributed by atoms with Crippen LogP contribution >= 0.6 is 24.0 Å². The van der Waals surface area contributed by atoms with Crippen molar-refractivity contribution in [1.29, 1.82) is 0 Å². The molecule has 1 heterocycles. The van der Waals surface area contributed by atoms with Crippen molar-refractivity contribution >= 4 is 41.1 Å². The lowest BCUT2D eigenvalue weighted by molar-refractivity contribution is 0.0901. The zero-order valence-corrected chi connectivity index (χ0v) is 13.7. The third-order valence-corrected chi connectivity index (χ3v) is 3.19. The molecule has 0 aliphatic rings. The Hall–Kier alpha value is -1.70. The number of aromatic nitrogens is 1. The fraction of sp³-hybridized carbons (Fsp3) is 0.385. The molecule has 22 heavy (non-hydrogen) atoms. The first-order valence-electron chi connectivity index (χ1n) is 6.23. The lowest BCUT2D eigenvalue weighted by atomic mass is 10.2. The van der Waals surface area contributed by atoms with E-state index in [0.717, 1.165) is 0 Å². The molecule has 7 nitrogen and oxygen atoms in total. The van der Waals surface area contributed by atoms with Crippen molar-refractivity contribution in [2.45, 2.75) is 6.04 Å². The van der Waals surface area contributed by atoms with Gasteiger partial charge < -0.3 is 24.6 Å². The smallest absolute Gasteiger partial charge is 0.404 e. The molecule has 0 bridgehead atoms. The number of carbonyl (C=O) groups is 1. The third kappa shape index (κ3) is 4.66. The number of amides is 1. The van der Waals surface area contributed by atoms with Crippen molar-refractivity contribution in [3.63, 3.8) is 0 Å². The zero-order valence-electron chi connectivity index (χ0n) is 12.1. The predicted octanol–water partition coefficient (Wildman–Crippen LogP) is 2.31. The van der Waals surface area contributed by atoms with E-state index in [1.165, 1.54) is 0 Å². The molecule has 1 unspecified atom stereocenters. The molecule has 1 aromatic heterocycles. The van der Waals surface area contributed by atoms with E-state index < -0.39 is 6.09 Å². The molecule has 1 atom stereocenters. The van der Waals surface area contributed by atoms with E-state index >= 15 is 0 Å². The summed E-state index contributed by atoms with van der Waals surface area (Å²) in [6.07, 6.45) is -0.819. The molecule has 0 saturated carbocycles. The van der Waals surface area contributed by atoms with Gasteiger partial charge in [-0.15, -0.1) is 12.4 Å². The molecule has 0 fully saturated rings. The second kappa shape index (κ2) is 8.07. The summed E-state index contributed by atoms with van der Waals surface area (Å²) in [6.45, 7) is 0.382.